The maximum Gasteiger partial charge on any atom is 0.306 e. The van der Waals surface area contributed by atoms with Crippen molar-refractivity contribution in [3.8, 4) is 0 Å². The number of hydrogen-bond acceptors (Lipinski definition) is 4. The van der Waals surface area contributed by atoms with E-state index >= 15 is 0 Å². The molecule has 0 spiro atoms. The highest BCUT2D eigenvalue weighted by molar-refractivity contribution is 5.69. The van der Waals surface area contributed by atoms with Gasteiger partial charge in [-0.25, -0.2) is 9.13 Å². The number of pyridine rings is 2. The molecule has 0 saturated carbocycles. The lowest BCUT2D eigenvalue weighted by molar-refractivity contribution is -0.698. The molecule has 2 rings (SSSR count). The van der Waals surface area contributed by atoms with Crippen LogP contribution in [-0.2, 0) is 45.0 Å². The van der Waals surface area contributed by atoms with Crippen molar-refractivity contribution in [2.45, 2.75) is 213 Å². The maximum atomic E-state index is 12.1. The van der Waals surface area contributed by atoms with E-state index in [1.54, 1.807) is 0 Å². The van der Waals surface area contributed by atoms with Crippen molar-refractivity contribution in [2.24, 2.45) is 0 Å². The SMILES string of the molecule is CCCCCCCCCCCCCCC(=O)OCC[n+]1ccc(CCCc2cc[n+](CCOC(=O)CCCCCCCCCCCCCC)cc2)cc1. The third-order valence-corrected chi connectivity index (χ3v) is 10.5. The van der Waals surface area contributed by atoms with Crippen molar-refractivity contribution in [1.82, 2.24) is 0 Å². The number of hydrogen-bond donors (Lipinski definition) is 0. The second-order valence-corrected chi connectivity index (χ2v) is 15.5. The fraction of sp³-hybridized carbons (Fsp3) is 0.745. The minimum Gasteiger partial charge on any atom is -0.459 e. The number of nitrogens with zero attached hydrogens (tertiary/aromatic N) is 2. The van der Waals surface area contributed by atoms with Crippen LogP contribution in [0.3, 0.4) is 0 Å². The number of esters is 2. The number of carbonyl (C=O) groups excluding carboxylic acids is 2. The minimum absolute atomic E-state index is 0.0654. The molecule has 0 aliphatic heterocycles. The smallest absolute Gasteiger partial charge is 0.306 e. The molecule has 0 aliphatic carbocycles. The van der Waals surface area contributed by atoms with Crippen molar-refractivity contribution in [1.29, 1.82) is 0 Å². The monoisotopic (exact) mass is 737 g/mol. The Morgan fingerprint density at radius 3 is 1.00 bits per heavy atom. The molecule has 0 radical (unpaired) electrons. The van der Waals surface area contributed by atoms with Gasteiger partial charge in [0.2, 0.25) is 0 Å². The van der Waals surface area contributed by atoms with Crippen LogP contribution in [0.25, 0.3) is 0 Å². The quantitative estimate of drug-likeness (QED) is 0.0397. The Bertz CT molecular complexity index is 1040. The molecular formula is C47H80N2O4+2. The van der Waals surface area contributed by atoms with E-state index in [2.05, 4.69) is 72.0 Å². The molecule has 0 N–H and O–H groups in total. The molecule has 2 aromatic heterocycles. The van der Waals surface area contributed by atoms with Gasteiger partial charge in [-0.05, 0) is 43.2 Å². The Morgan fingerprint density at radius 1 is 0.415 bits per heavy atom. The Balaban J connectivity index is 1.42. The Hall–Kier alpha value is -2.76. The van der Waals surface area contributed by atoms with E-state index in [4.69, 9.17) is 9.47 Å². The van der Waals surface area contributed by atoms with Crippen LogP contribution in [0, 0.1) is 0 Å². The zero-order valence-electron chi connectivity index (χ0n) is 34.5. The summed E-state index contributed by atoms with van der Waals surface area (Å²) in [6.07, 6.45) is 43.8. The molecule has 0 aromatic carbocycles. The summed E-state index contributed by atoms with van der Waals surface area (Å²) in [6, 6.07) is 8.69. The van der Waals surface area contributed by atoms with E-state index in [1.807, 2.05) is 0 Å². The van der Waals surface area contributed by atoms with Crippen molar-refractivity contribution < 1.29 is 28.2 Å². The van der Waals surface area contributed by atoms with Crippen LogP contribution in [0.4, 0.5) is 0 Å². The van der Waals surface area contributed by atoms with Crippen LogP contribution in [0.15, 0.2) is 49.1 Å². The molecule has 0 amide bonds. The molecule has 2 aromatic rings. The lowest BCUT2D eigenvalue weighted by atomic mass is 10.0. The number of carbonyl (C=O) groups is 2. The predicted molar refractivity (Wildman–Crippen MR) is 219 cm³/mol. The van der Waals surface area contributed by atoms with Gasteiger partial charge in [0.05, 0.1) is 0 Å². The lowest BCUT2D eigenvalue weighted by Gasteiger charge is -2.05. The topological polar surface area (TPSA) is 60.4 Å². The molecule has 6 heteroatoms. The summed E-state index contributed by atoms with van der Waals surface area (Å²) in [5, 5.41) is 0. The van der Waals surface area contributed by atoms with Gasteiger partial charge >= 0.3 is 11.9 Å². The number of ether oxygens (including phenoxy) is 2. The highest BCUT2D eigenvalue weighted by atomic mass is 16.5. The molecule has 300 valence electrons. The van der Waals surface area contributed by atoms with Crippen molar-refractivity contribution in [2.75, 3.05) is 13.2 Å². The van der Waals surface area contributed by atoms with E-state index in [9.17, 15) is 9.59 Å². The lowest BCUT2D eigenvalue weighted by Crippen LogP contribution is -2.35. The Labute approximate surface area is 325 Å². The number of rotatable bonds is 36. The molecule has 2 heterocycles. The summed E-state index contributed by atoms with van der Waals surface area (Å²) >= 11 is 0. The van der Waals surface area contributed by atoms with Crippen LogP contribution in [-0.4, -0.2) is 25.2 Å². The first-order valence-electron chi connectivity index (χ1n) is 22.4. The number of unbranched alkanes of at least 4 members (excludes halogenated alkanes) is 22. The fourth-order valence-corrected chi connectivity index (χ4v) is 7.00. The van der Waals surface area contributed by atoms with Crippen molar-refractivity contribution in [3.63, 3.8) is 0 Å². The summed E-state index contributed by atoms with van der Waals surface area (Å²) in [4.78, 5) is 24.3. The summed E-state index contributed by atoms with van der Waals surface area (Å²) in [6.45, 7) is 6.77. The maximum absolute atomic E-state index is 12.1. The van der Waals surface area contributed by atoms with Gasteiger partial charge in [-0.15, -0.1) is 0 Å². The number of aryl methyl sites for hydroxylation is 2. The van der Waals surface area contributed by atoms with Gasteiger partial charge in [-0.2, -0.15) is 0 Å². The molecule has 0 aliphatic rings. The second-order valence-electron chi connectivity index (χ2n) is 15.5. The zero-order chi connectivity index (χ0) is 37.9. The largest absolute Gasteiger partial charge is 0.459 e. The third-order valence-electron chi connectivity index (χ3n) is 10.5. The molecule has 0 unspecified atom stereocenters. The van der Waals surface area contributed by atoms with Gasteiger partial charge in [0.15, 0.2) is 51.1 Å². The number of aromatic nitrogens is 2. The van der Waals surface area contributed by atoms with Gasteiger partial charge in [-0.1, -0.05) is 155 Å². The van der Waals surface area contributed by atoms with E-state index in [1.165, 1.54) is 140 Å². The summed E-state index contributed by atoms with van der Waals surface area (Å²) in [5.74, 6) is -0.131. The second kappa shape index (κ2) is 33.8. The summed E-state index contributed by atoms with van der Waals surface area (Å²) in [5.41, 5.74) is 2.64. The molecule has 0 atom stereocenters. The predicted octanol–water partition coefficient (Wildman–Crippen LogP) is 11.7. The minimum atomic E-state index is -0.0654. The summed E-state index contributed by atoms with van der Waals surface area (Å²) in [7, 11) is 0. The first-order valence-corrected chi connectivity index (χ1v) is 22.4. The van der Waals surface area contributed by atoms with Crippen LogP contribution >= 0.6 is 0 Å². The van der Waals surface area contributed by atoms with Gasteiger partial charge in [-0.3, -0.25) is 9.59 Å². The highest BCUT2D eigenvalue weighted by Crippen LogP contribution is 2.14. The van der Waals surface area contributed by atoms with Crippen molar-refractivity contribution >= 4 is 11.9 Å². The first-order chi connectivity index (χ1) is 26.1. The molecule has 53 heavy (non-hydrogen) atoms. The highest BCUT2D eigenvalue weighted by Gasteiger charge is 2.08. The van der Waals surface area contributed by atoms with Crippen LogP contribution in [0.2, 0.25) is 0 Å². The van der Waals surface area contributed by atoms with Crippen LogP contribution in [0.1, 0.15) is 198 Å². The first kappa shape index (κ1) is 46.4. The van der Waals surface area contributed by atoms with Crippen molar-refractivity contribution in [3.05, 3.63) is 60.2 Å². The van der Waals surface area contributed by atoms with Crippen LogP contribution < -0.4 is 9.13 Å². The zero-order valence-corrected chi connectivity index (χ0v) is 34.5. The van der Waals surface area contributed by atoms with Gasteiger partial charge in [0.1, 0.15) is 0 Å². The molecule has 0 saturated heterocycles. The average molecular weight is 737 g/mol. The Morgan fingerprint density at radius 2 is 0.698 bits per heavy atom. The van der Waals surface area contributed by atoms with Gasteiger partial charge in [0, 0.05) is 37.1 Å². The normalized spacial score (nSPS) is 11.2. The van der Waals surface area contributed by atoms with E-state index in [0.29, 0.717) is 39.1 Å². The molecular weight excluding hydrogens is 657 g/mol. The fourth-order valence-electron chi connectivity index (χ4n) is 7.00. The third kappa shape index (κ3) is 27.5. The van der Waals surface area contributed by atoms with Gasteiger partial charge in [0.25, 0.3) is 0 Å². The van der Waals surface area contributed by atoms with Gasteiger partial charge < -0.3 is 9.47 Å². The Kier molecular flexibility index (Phi) is 29.6. The molecule has 0 bridgehead atoms. The molecule has 0 fully saturated rings. The average Bonchev–Trinajstić information content (AvgIpc) is 3.17. The van der Waals surface area contributed by atoms with E-state index in [0.717, 1.165) is 44.9 Å². The van der Waals surface area contributed by atoms with E-state index < -0.39 is 0 Å². The van der Waals surface area contributed by atoms with E-state index in [-0.39, 0.29) is 11.9 Å². The standard InChI is InChI=1S/C47H80N2O4/c1-3-5-7-9-11-13-15-17-19-21-23-25-30-46(50)52-42-40-48-36-32-44(33-37-48)28-27-29-45-34-38-49(39-35-45)41-43-53-47(51)31-26-24-22-20-18-16-14-12-10-8-6-4-2/h32-39H,3-31,40-43H2,1-2H3/q+2. The molecule has 6 nitrogen and oxygen atoms in total. The summed E-state index contributed by atoms with van der Waals surface area (Å²) < 4.78 is 15.2. The van der Waals surface area contributed by atoms with Crippen LogP contribution in [0.5, 0.6) is 0 Å².